The lowest BCUT2D eigenvalue weighted by atomic mass is 9.63. The van der Waals surface area contributed by atoms with Crippen molar-refractivity contribution in [1.82, 2.24) is 0 Å². The highest BCUT2D eigenvalue weighted by Crippen LogP contribution is 2.50. The van der Waals surface area contributed by atoms with Crippen LogP contribution in [0.25, 0.3) is 0 Å². The van der Waals surface area contributed by atoms with Crippen LogP contribution >= 0.6 is 0 Å². The van der Waals surface area contributed by atoms with Crippen molar-refractivity contribution in [3.05, 3.63) is 246 Å². The molecule has 0 aliphatic carbocycles. The molecule has 150 heavy (non-hydrogen) atoms. The maximum Gasteiger partial charge on any atom is 0.471 e. The van der Waals surface area contributed by atoms with Crippen LogP contribution in [0.2, 0.25) is 149 Å². The topological polar surface area (TPSA) is 197 Å². The number of unbranched alkanes of at least 4 members (excludes halogenated alkanes) is 6. The van der Waals surface area contributed by atoms with Crippen molar-refractivity contribution >= 4 is 109 Å². The highest BCUT2D eigenvalue weighted by molar-refractivity contribution is 6.90. The second kappa shape index (κ2) is 77.6. The molecule has 0 saturated heterocycles. The van der Waals surface area contributed by atoms with Gasteiger partial charge in [-0.25, -0.2) is 0 Å². The van der Waals surface area contributed by atoms with Gasteiger partial charge in [-0.2, -0.15) is 0 Å². The number of carbonyl (C=O) groups is 4. The van der Waals surface area contributed by atoms with Gasteiger partial charge in [-0.3, -0.25) is 19.2 Å². The molecule has 0 radical (unpaired) electrons. The normalized spacial score (nSPS) is 13.0. The number of rotatable bonds is 63. The number of carbonyl (C=O) groups excluding carboxylic acids is 4. The van der Waals surface area contributed by atoms with Crippen LogP contribution in [0.5, 0.6) is 5.75 Å². The summed E-state index contributed by atoms with van der Waals surface area (Å²) in [6.45, 7) is 56.2. The van der Waals surface area contributed by atoms with Crippen LogP contribution in [-0.4, -0.2) is 150 Å². The molecule has 0 spiro atoms. The number of hydrogen-bond acceptors (Lipinski definition) is 18. The number of hydrogen-bond donors (Lipinski definition) is 0. The Labute approximate surface area is 935 Å². The minimum absolute atomic E-state index is 0. The Morgan fingerprint density at radius 3 is 0.793 bits per heavy atom. The Morgan fingerprint density at radius 1 is 0.267 bits per heavy atom. The molecule has 6 unspecified atom stereocenters. The van der Waals surface area contributed by atoms with E-state index in [9.17, 15) is 19.2 Å². The van der Waals surface area contributed by atoms with Crippen molar-refractivity contribution in [2.45, 2.75) is 437 Å². The molecule has 0 aliphatic heterocycles. The van der Waals surface area contributed by atoms with Gasteiger partial charge in [-0.15, -0.1) is 0 Å². The summed E-state index contributed by atoms with van der Waals surface area (Å²) in [4.78, 5) is 53.5. The Hall–Kier alpha value is -5.81. The summed E-state index contributed by atoms with van der Waals surface area (Å²) in [6.07, 6.45) is 19.6. The third kappa shape index (κ3) is 60.1. The van der Waals surface area contributed by atoms with E-state index in [2.05, 4.69) is 308 Å². The van der Waals surface area contributed by atoms with Gasteiger partial charge in [-0.1, -0.05) is 389 Å². The Balaban J connectivity index is -0.000000325. The number of benzene rings is 7. The first-order chi connectivity index (χ1) is 64.9. The summed E-state index contributed by atoms with van der Waals surface area (Å²) in [5.74, 6) is -0.671. The molecule has 7 aromatic carbocycles. The predicted octanol–water partition coefficient (Wildman–Crippen LogP) is 37.7. The molecule has 28 heteroatoms. The first kappa shape index (κ1) is 159. The maximum atomic E-state index is 14.0. The molecule has 0 aliphatic rings. The average molecular weight is 2270 g/mol. The maximum absolute atomic E-state index is 14.0. The molecule has 866 valence electrons. The van der Waals surface area contributed by atoms with Crippen LogP contribution in [0.1, 0.15) is 311 Å². The second-order valence-corrected chi connectivity index (χ2v) is 83.8. The fourth-order valence-electron chi connectivity index (χ4n) is 18.2. The molecule has 0 bridgehead atoms. The lowest BCUT2D eigenvalue weighted by Crippen LogP contribution is -2.61. The van der Waals surface area contributed by atoms with Gasteiger partial charge in [0.2, 0.25) is 0 Å². The lowest BCUT2D eigenvalue weighted by molar-refractivity contribution is -0.149. The van der Waals surface area contributed by atoms with Crippen LogP contribution in [0, 0.1) is 23.7 Å². The van der Waals surface area contributed by atoms with E-state index in [0.717, 1.165) is 63.8 Å². The Bertz CT molecular complexity index is 4410. The van der Waals surface area contributed by atoms with E-state index >= 15 is 0 Å². The van der Waals surface area contributed by atoms with Gasteiger partial charge in [0.1, 0.15) is 5.75 Å². The van der Waals surface area contributed by atoms with Gasteiger partial charge in [-0.05, 0) is 271 Å². The van der Waals surface area contributed by atoms with Gasteiger partial charge in [0.05, 0.1) is 43.5 Å². The zero-order valence-corrected chi connectivity index (χ0v) is 101. The second-order valence-electron chi connectivity index (χ2n) is 43.8. The van der Waals surface area contributed by atoms with Crippen LogP contribution in [0.15, 0.2) is 212 Å². The molecule has 0 fully saturated rings. The van der Waals surface area contributed by atoms with Gasteiger partial charge < -0.3 is 61.0 Å². The molecule has 0 amide bonds. The van der Waals surface area contributed by atoms with Crippen molar-refractivity contribution in [2.24, 2.45) is 23.7 Å². The molecule has 7 aromatic rings. The first-order valence-corrected chi connectivity index (χ1v) is 80.6. The lowest BCUT2D eigenvalue weighted by Gasteiger charge is -2.43. The van der Waals surface area contributed by atoms with Crippen LogP contribution in [0.3, 0.4) is 0 Å². The molecular weight excluding hydrogens is 2030 g/mol. The molecule has 6 atom stereocenters. The molecule has 7 rings (SSSR count). The SMILES string of the molecule is C.C.C.C.C.C.C.C.C.C.C.C.CCCCCC(CC(CC(C)C(=O)OCCC[Si](C)(C)O[Si](C)(C)OC)(c1ccccc1)c1ccccc1)c1ccccc1.CCCCCC(CC(CC(C)C(=O)OCCC[Si](O[Si](C)(C)C)(O[Si](C)(C)C)O[Si](C)(C)OC)(c1ccccc1)c1ccccc1)c1ccccc1.CCCCCC(CCC(C)C(=O)OCCC[Si](O[Si](C)(C)C)(O[Si](C)(C)C)O[Si](C)(C)OC)C(=O)Oc1ccccc1. The minimum atomic E-state index is -3.14. The monoisotopic (exact) mass is 2260 g/mol. The quantitative estimate of drug-likeness (QED) is 0.0115. The average Bonchev–Trinajstić information content (AvgIpc) is 0.764. The van der Waals surface area contributed by atoms with Crippen molar-refractivity contribution in [3.8, 4) is 5.75 Å². The van der Waals surface area contributed by atoms with Crippen LogP contribution in [-0.2, 0) is 86.3 Å². The van der Waals surface area contributed by atoms with E-state index in [1.807, 2.05) is 65.2 Å². The fourth-order valence-corrected chi connectivity index (χ4v) is 53.7. The molecule has 18 nitrogen and oxygen atoms in total. The van der Waals surface area contributed by atoms with Crippen molar-refractivity contribution in [3.63, 3.8) is 0 Å². The summed E-state index contributed by atoms with van der Waals surface area (Å²) in [7, 11) is -18.2. The van der Waals surface area contributed by atoms with Gasteiger partial charge in [0, 0.05) is 44.2 Å². The van der Waals surface area contributed by atoms with E-state index < -0.39 is 90.3 Å². The van der Waals surface area contributed by atoms with E-state index in [1.54, 1.807) is 33.5 Å². The van der Waals surface area contributed by atoms with Crippen molar-refractivity contribution in [2.75, 3.05) is 41.2 Å². The molecular formula is C122H230O18Si10. The highest BCUT2D eigenvalue weighted by atomic mass is 28.5. The zero-order valence-electron chi connectivity index (χ0n) is 90.6. The van der Waals surface area contributed by atoms with E-state index in [4.69, 9.17) is 61.0 Å². The molecule has 0 aromatic heterocycles. The largest absolute Gasteiger partial charge is 0.471 e. The van der Waals surface area contributed by atoms with Gasteiger partial charge in [0.15, 0.2) is 41.6 Å². The summed E-state index contributed by atoms with van der Waals surface area (Å²) in [6, 6.07) is 76.4. The van der Waals surface area contributed by atoms with E-state index in [1.165, 1.54) is 71.9 Å². The van der Waals surface area contributed by atoms with Gasteiger partial charge in [0.25, 0.3) is 0 Å². The fraction of sp³-hybridized carbons (Fsp3) is 0.623. The Kier molecular flexibility index (Phi) is 82.4. The number of para-hydroxylation sites is 1. The number of esters is 4. The third-order valence-corrected chi connectivity index (χ3v) is 56.6. The van der Waals surface area contributed by atoms with E-state index in [-0.39, 0.29) is 155 Å². The summed E-state index contributed by atoms with van der Waals surface area (Å²) < 4.78 is 87.6. The summed E-state index contributed by atoms with van der Waals surface area (Å²) in [5.41, 5.74) is 7.01. The van der Waals surface area contributed by atoms with Crippen molar-refractivity contribution < 1.29 is 80.2 Å². The van der Waals surface area contributed by atoms with Crippen LogP contribution < -0.4 is 4.74 Å². The predicted molar refractivity (Wildman–Crippen MR) is 674 cm³/mol. The molecule has 0 saturated carbocycles. The van der Waals surface area contributed by atoms with Crippen LogP contribution in [0.4, 0.5) is 0 Å². The molecule has 0 heterocycles. The minimum Gasteiger partial charge on any atom is -0.465 e. The number of ether oxygens (including phenoxy) is 4. The zero-order chi connectivity index (χ0) is 103. The van der Waals surface area contributed by atoms with E-state index in [0.29, 0.717) is 74.8 Å². The third-order valence-electron chi connectivity index (χ3n) is 24.8. The Morgan fingerprint density at radius 2 is 0.520 bits per heavy atom. The highest BCUT2D eigenvalue weighted by Gasteiger charge is 2.54. The smallest absolute Gasteiger partial charge is 0.465 e. The standard InChI is InChI=1S/C42H68O6Si4.C38H56O4Si2.C30H58O8Si4.12CH4/c1-12-13-17-27-38(37-25-18-14-19-26-37)35-42(39-28-20-15-21-29-39,40-30-22-16-23-31-40)34-36(2)41(43)45-32-24-33-52(46-49(4,5)6,47-50(7,8)9)48-51(10,11)44-3;1-8-9-13-23-34(33-21-14-10-15-22-33)31-38(35-24-16-11-17-25-35,36-26-18-12-19-27-36)30-32(2)37(39)41-28-20-29-43(4,5)42-44(6,7)40-3;1-12-13-15-19-27(30(32)35-28-20-16-14-17-21-28)23-22-26(2)29(31)34-24-18-25-42(36-39(4,5)6,37-40(7,8)9)38-41(10,11)33-3;;;;;;;;;;;;/h14-16,18-23,25-26,28-31,36,38H,12-13,17,24,27,32-35H2,1-11H3;10-12,14-19,21-22,24-27,32,34H,8-9,13,20,23,28-31H2,1-7H3;14,16-17,20-21,26-27H,12-13,15,18-19,22-25H2,1-11H3;12*1H4. The first-order valence-electron chi connectivity index (χ1n) is 51.5. The summed E-state index contributed by atoms with van der Waals surface area (Å²) >= 11 is 0. The molecule has 0 N–H and O–H groups in total. The summed E-state index contributed by atoms with van der Waals surface area (Å²) in [5, 5.41) is 0. The van der Waals surface area contributed by atoms with Crippen molar-refractivity contribution in [1.29, 1.82) is 0 Å². The van der Waals surface area contributed by atoms with Gasteiger partial charge >= 0.3 is 67.2 Å².